The molecule has 0 saturated carbocycles. The Morgan fingerprint density at radius 1 is 1.41 bits per heavy atom. The van der Waals surface area contributed by atoms with Crippen LogP contribution in [-0.2, 0) is 0 Å². The third-order valence-electron chi connectivity index (χ3n) is 2.66. The van der Waals surface area contributed by atoms with E-state index >= 15 is 0 Å². The van der Waals surface area contributed by atoms with Crippen LogP contribution in [0.15, 0.2) is 22.7 Å². The van der Waals surface area contributed by atoms with Crippen molar-refractivity contribution in [2.45, 2.75) is 26.2 Å². The molecule has 0 saturated heterocycles. The third-order valence-corrected chi connectivity index (χ3v) is 2.88. The quantitative estimate of drug-likeness (QED) is 0.848. The summed E-state index contributed by atoms with van der Waals surface area (Å²) in [6, 6.07) is 5.20. The minimum absolute atomic E-state index is 0.282. The van der Waals surface area contributed by atoms with Crippen molar-refractivity contribution in [3.63, 3.8) is 0 Å². The number of aromatic nitrogens is 2. The van der Waals surface area contributed by atoms with Crippen LogP contribution in [0.4, 0.5) is 5.69 Å². The molecule has 0 radical (unpaired) electrons. The molecule has 2 aromatic rings. The molecule has 4 nitrogen and oxygen atoms in total. The number of hydrogen-bond acceptors (Lipinski definition) is 4. The topological polar surface area (TPSA) is 64.9 Å². The Bertz CT molecular complexity index is 504. The number of hydrogen-bond donors (Lipinski definition) is 1. The van der Waals surface area contributed by atoms with Crippen molar-refractivity contribution in [2.24, 2.45) is 0 Å². The van der Waals surface area contributed by atoms with Gasteiger partial charge in [-0.3, -0.25) is 0 Å². The number of nitrogens with two attached hydrogens (primary N) is 1. The fourth-order valence-corrected chi connectivity index (χ4v) is 1.71. The van der Waals surface area contributed by atoms with Gasteiger partial charge in [-0.1, -0.05) is 30.6 Å². The Labute approximate surface area is 105 Å². The van der Waals surface area contributed by atoms with E-state index in [1.807, 2.05) is 0 Å². The van der Waals surface area contributed by atoms with Crippen LogP contribution in [0, 0.1) is 0 Å². The van der Waals surface area contributed by atoms with E-state index in [9.17, 15) is 0 Å². The van der Waals surface area contributed by atoms with E-state index in [0.717, 1.165) is 12.0 Å². The van der Waals surface area contributed by atoms with Crippen LogP contribution in [0.25, 0.3) is 11.5 Å². The van der Waals surface area contributed by atoms with E-state index in [1.165, 1.54) is 0 Å². The van der Waals surface area contributed by atoms with Crippen LogP contribution >= 0.6 is 11.6 Å². The molecule has 0 amide bonds. The van der Waals surface area contributed by atoms with Gasteiger partial charge in [-0.15, -0.1) is 0 Å². The molecule has 0 fully saturated rings. The van der Waals surface area contributed by atoms with Crippen molar-refractivity contribution < 1.29 is 4.52 Å². The summed E-state index contributed by atoms with van der Waals surface area (Å²) in [7, 11) is 0. The van der Waals surface area contributed by atoms with Gasteiger partial charge in [-0.25, -0.2) is 0 Å². The van der Waals surface area contributed by atoms with E-state index < -0.39 is 0 Å². The molecule has 0 aliphatic rings. The second-order valence-electron chi connectivity index (χ2n) is 4.04. The fourth-order valence-electron chi connectivity index (χ4n) is 1.47. The molecule has 90 valence electrons. The molecule has 1 unspecified atom stereocenters. The zero-order valence-electron chi connectivity index (χ0n) is 9.77. The minimum atomic E-state index is 0.282. The lowest BCUT2D eigenvalue weighted by atomic mass is 10.1. The molecular weight excluding hydrogens is 238 g/mol. The smallest absolute Gasteiger partial charge is 0.258 e. The van der Waals surface area contributed by atoms with Gasteiger partial charge in [0.05, 0.1) is 0 Å². The number of nitrogens with zero attached hydrogens (tertiary/aromatic N) is 2. The first-order valence-electron chi connectivity index (χ1n) is 5.50. The molecule has 1 aromatic heterocycles. The van der Waals surface area contributed by atoms with Crippen LogP contribution in [0.1, 0.15) is 32.0 Å². The van der Waals surface area contributed by atoms with Gasteiger partial charge in [0.15, 0.2) is 5.82 Å². The summed E-state index contributed by atoms with van der Waals surface area (Å²) in [5.41, 5.74) is 7.04. The van der Waals surface area contributed by atoms with Gasteiger partial charge in [0.1, 0.15) is 0 Å². The average Bonchev–Trinajstić information content (AvgIpc) is 2.76. The van der Waals surface area contributed by atoms with E-state index in [2.05, 4.69) is 24.0 Å². The lowest BCUT2D eigenvalue weighted by Crippen LogP contribution is -1.93. The molecule has 0 aliphatic carbocycles. The first-order chi connectivity index (χ1) is 8.10. The van der Waals surface area contributed by atoms with E-state index in [0.29, 0.717) is 22.4 Å². The Morgan fingerprint density at radius 2 is 2.18 bits per heavy atom. The third kappa shape index (κ3) is 2.58. The molecular formula is C12H14ClN3O. The summed E-state index contributed by atoms with van der Waals surface area (Å²) < 4.78 is 5.21. The Balaban J connectivity index is 2.36. The fraction of sp³-hybridized carbons (Fsp3) is 0.333. The molecule has 1 aromatic carbocycles. The number of nitrogen functional groups attached to an aromatic ring is 1. The molecule has 0 spiro atoms. The van der Waals surface area contributed by atoms with Crippen molar-refractivity contribution in [1.29, 1.82) is 0 Å². The molecule has 0 bridgehead atoms. The standard InChI is InChI=1S/C12H14ClN3O/c1-3-7(2)11-15-12(17-16-11)8-4-9(13)6-10(14)5-8/h4-7H,3,14H2,1-2H3. The zero-order valence-corrected chi connectivity index (χ0v) is 10.5. The van der Waals surface area contributed by atoms with Crippen LogP contribution in [0.5, 0.6) is 0 Å². The number of rotatable bonds is 3. The first-order valence-corrected chi connectivity index (χ1v) is 5.88. The number of benzene rings is 1. The molecule has 1 heterocycles. The van der Waals surface area contributed by atoms with Gasteiger partial charge in [-0.05, 0) is 24.6 Å². The van der Waals surface area contributed by atoms with Crippen molar-refractivity contribution in [3.05, 3.63) is 29.0 Å². The van der Waals surface area contributed by atoms with Gasteiger partial charge in [0.25, 0.3) is 5.89 Å². The van der Waals surface area contributed by atoms with E-state index in [4.69, 9.17) is 21.9 Å². The van der Waals surface area contributed by atoms with Crippen LogP contribution < -0.4 is 5.73 Å². The highest BCUT2D eigenvalue weighted by atomic mass is 35.5. The molecule has 17 heavy (non-hydrogen) atoms. The van der Waals surface area contributed by atoms with E-state index in [-0.39, 0.29) is 5.92 Å². The van der Waals surface area contributed by atoms with Gasteiger partial charge < -0.3 is 10.3 Å². The Morgan fingerprint density at radius 3 is 2.82 bits per heavy atom. The van der Waals surface area contributed by atoms with Gasteiger partial charge in [0, 0.05) is 22.2 Å². The average molecular weight is 252 g/mol. The summed E-state index contributed by atoms with van der Waals surface area (Å²) in [6.45, 7) is 4.14. The van der Waals surface area contributed by atoms with Gasteiger partial charge in [0.2, 0.25) is 0 Å². The summed E-state index contributed by atoms with van der Waals surface area (Å²) in [6.07, 6.45) is 0.969. The van der Waals surface area contributed by atoms with Crippen molar-refractivity contribution >= 4 is 17.3 Å². The second kappa shape index (κ2) is 4.75. The maximum Gasteiger partial charge on any atom is 0.258 e. The predicted molar refractivity (Wildman–Crippen MR) is 67.9 cm³/mol. The number of anilines is 1. The zero-order chi connectivity index (χ0) is 12.4. The maximum absolute atomic E-state index is 5.93. The number of halogens is 1. The SMILES string of the molecule is CCC(C)c1noc(-c2cc(N)cc(Cl)c2)n1. The highest BCUT2D eigenvalue weighted by Gasteiger charge is 2.13. The van der Waals surface area contributed by atoms with Crippen LogP contribution in [0.3, 0.4) is 0 Å². The Kier molecular flexibility index (Phi) is 3.33. The summed E-state index contributed by atoms with van der Waals surface area (Å²) in [5, 5.41) is 4.51. The largest absolute Gasteiger partial charge is 0.399 e. The molecule has 5 heteroatoms. The van der Waals surface area contributed by atoms with Crippen LogP contribution in [-0.4, -0.2) is 10.1 Å². The lowest BCUT2D eigenvalue weighted by Gasteiger charge is -2.00. The normalized spacial score (nSPS) is 12.6. The lowest BCUT2D eigenvalue weighted by molar-refractivity contribution is 0.416. The first kappa shape index (κ1) is 11.9. The van der Waals surface area contributed by atoms with Crippen molar-refractivity contribution in [1.82, 2.24) is 10.1 Å². The predicted octanol–water partition coefficient (Wildman–Crippen LogP) is 3.49. The second-order valence-corrected chi connectivity index (χ2v) is 4.48. The van der Waals surface area contributed by atoms with E-state index in [1.54, 1.807) is 18.2 Å². The maximum atomic E-state index is 5.93. The summed E-state index contributed by atoms with van der Waals surface area (Å²) in [4.78, 5) is 4.34. The molecule has 0 aliphatic heterocycles. The highest BCUT2D eigenvalue weighted by Crippen LogP contribution is 2.26. The molecule has 2 rings (SSSR count). The van der Waals surface area contributed by atoms with Gasteiger partial charge >= 0.3 is 0 Å². The monoisotopic (exact) mass is 251 g/mol. The van der Waals surface area contributed by atoms with Crippen LogP contribution in [0.2, 0.25) is 5.02 Å². The van der Waals surface area contributed by atoms with Crippen molar-refractivity contribution in [2.75, 3.05) is 5.73 Å². The summed E-state index contributed by atoms with van der Waals surface area (Å²) in [5.74, 6) is 1.44. The van der Waals surface area contributed by atoms with Gasteiger partial charge in [-0.2, -0.15) is 4.98 Å². The highest BCUT2D eigenvalue weighted by molar-refractivity contribution is 6.31. The summed E-state index contributed by atoms with van der Waals surface area (Å²) >= 11 is 5.93. The van der Waals surface area contributed by atoms with Crippen molar-refractivity contribution in [3.8, 4) is 11.5 Å². The minimum Gasteiger partial charge on any atom is -0.399 e. The molecule has 1 atom stereocenters. The Hall–Kier alpha value is -1.55. The molecule has 2 N–H and O–H groups in total.